The SMILES string of the molecule is CC(C)(C)C(=O)CCC(=O)/C=C/c1ccccc1.CC(C)(C)C(=O)CCC(=O)/C=C/c1ncc[nH]1.CC(C)(C)C(=O)CCC(=O)C=C1COC1.CC(C)=CC(=O)C(=O)CC(C)(C)C.CC(C)CC(=O)C(=O)C(C)(C)C.CCC/C=C/C(=O)CCC(=O)C(C)(C)C. The number of nitrogens with one attached hydrogen (secondary N) is 1. The molecule has 1 fully saturated rings. The monoisotopic (exact) mass is 1250 g/mol. The van der Waals surface area contributed by atoms with Crippen molar-refractivity contribution in [1.82, 2.24) is 9.97 Å². The third kappa shape index (κ3) is 48.0. The Hall–Kier alpha value is -6.87. The van der Waals surface area contributed by atoms with Gasteiger partial charge in [0.25, 0.3) is 0 Å². The summed E-state index contributed by atoms with van der Waals surface area (Å²) in [6, 6.07) is 9.65. The lowest BCUT2D eigenvalue weighted by Crippen LogP contribution is -2.29. The van der Waals surface area contributed by atoms with Gasteiger partial charge in [-0.1, -0.05) is 200 Å². The summed E-state index contributed by atoms with van der Waals surface area (Å²) in [5.41, 5.74) is 0.867. The van der Waals surface area contributed by atoms with E-state index in [0.29, 0.717) is 76.8 Å². The average molecular weight is 1250 g/mol. The van der Waals surface area contributed by atoms with Crippen LogP contribution in [0.3, 0.4) is 0 Å². The Balaban J connectivity index is -0.00000101. The van der Waals surface area contributed by atoms with Crippen LogP contribution in [0.1, 0.15) is 248 Å². The molecule has 1 aromatic carbocycles. The molecule has 1 aromatic heterocycles. The summed E-state index contributed by atoms with van der Waals surface area (Å²) in [6.45, 7) is 44.3. The van der Waals surface area contributed by atoms with Crippen LogP contribution in [-0.2, 0) is 62.3 Å². The summed E-state index contributed by atoms with van der Waals surface area (Å²) in [6.07, 6.45) is 21.4. The zero-order valence-electron chi connectivity index (χ0n) is 59.4. The van der Waals surface area contributed by atoms with E-state index in [1.807, 2.05) is 168 Å². The minimum Gasteiger partial charge on any atom is -0.373 e. The van der Waals surface area contributed by atoms with Gasteiger partial charge in [0.05, 0.1) is 13.2 Å². The van der Waals surface area contributed by atoms with Crippen LogP contribution in [0.4, 0.5) is 0 Å². The van der Waals surface area contributed by atoms with Crippen molar-refractivity contribution in [2.75, 3.05) is 13.2 Å². The van der Waals surface area contributed by atoms with Crippen LogP contribution in [0, 0.1) is 38.4 Å². The first-order chi connectivity index (χ1) is 41.0. The first-order valence-electron chi connectivity index (χ1n) is 31.4. The first-order valence-corrected chi connectivity index (χ1v) is 31.4. The number of carbonyl (C=O) groups is 12. The van der Waals surface area contributed by atoms with Crippen molar-refractivity contribution in [2.45, 2.75) is 236 Å². The van der Waals surface area contributed by atoms with Gasteiger partial charge >= 0.3 is 0 Å². The molecule has 1 aliphatic rings. The van der Waals surface area contributed by atoms with Gasteiger partial charge in [-0.3, -0.25) is 57.5 Å². The van der Waals surface area contributed by atoms with Crippen molar-refractivity contribution in [3.05, 3.63) is 102 Å². The number of carbonyl (C=O) groups excluding carboxylic acids is 12. The summed E-state index contributed by atoms with van der Waals surface area (Å²) < 4.78 is 4.93. The number of hydrogen-bond donors (Lipinski definition) is 1. The second-order valence-corrected chi connectivity index (χ2v) is 29.4. The topological polar surface area (TPSA) is 243 Å². The molecule has 1 N–H and O–H groups in total. The molecule has 2 heterocycles. The fourth-order valence-corrected chi connectivity index (χ4v) is 6.77. The minimum atomic E-state index is -0.522. The number of allylic oxidation sites excluding steroid dienone is 7. The minimum absolute atomic E-state index is 0.00328. The molecule has 1 aliphatic heterocycles. The quantitative estimate of drug-likeness (QED) is 0.0680. The number of Topliss-reactive ketones (excluding diaryl/α,β-unsaturated/α-hetero) is 7. The van der Waals surface area contributed by atoms with Crippen LogP contribution >= 0.6 is 0 Å². The fraction of sp³-hybridized carbons (Fsp3) is 0.587. The predicted molar refractivity (Wildman–Crippen MR) is 363 cm³/mol. The summed E-state index contributed by atoms with van der Waals surface area (Å²) in [5, 5.41) is 0. The number of ether oxygens (including phenoxy) is 1. The maximum atomic E-state index is 11.7. The summed E-state index contributed by atoms with van der Waals surface area (Å²) in [7, 11) is 0. The number of aromatic amines is 1. The van der Waals surface area contributed by atoms with Crippen molar-refractivity contribution in [1.29, 1.82) is 0 Å². The smallest absolute Gasteiger partial charge is 0.221 e. The molecule has 0 radical (unpaired) electrons. The lowest BCUT2D eigenvalue weighted by atomic mass is 9.86. The molecule has 3 rings (SSSR count). The third-order valence-electron chi connectivity index (χ3n) is 12.6. The molecule has 90 heavy (non-hydrogen) atoms. The van der Waals surface area contributed by atoms with Crippen LogP contribution in [0.2, 0.25) is 0 Å². The van der Waals surface area contributed by atoms with E-state index in [4.69, 9.17) is 4.74 Å². The highest BCUT2D eigenvalue weighted by atomic mass is 16.5. The second-order valence-electron chi connectivity index (χ2n) is 29.4. The van der Waals surface area contributed by atoms with E-state index in [9.17, 15) is 57.5 Å². The van der Waals surface area contributed by atoms with Crippen molar-refractivity contribution in [3.63, 3.8) is 0 Å². The van der Waals surface area contributed by atoms with E-state index in [1.54, 1.807) is 63.5 Å². The van der Waals surface area contributed by atoms with E-state index in [1.165, 1.54) is 12.2 Å². The van der Waals surface area contributed by atoms with Gasteiger partial charge in [0, 0.05) is 104 Å². The second kappa shape index (κ2) is 43.0. The van der Waals surface area contributed by atoms with Crippen molar-refractivity contribution < 1.29 is 62.3 Å². The largest absolute Gasteiger partial charge is 0.373 e. The Kier molecular flexibility index (Phi) is 41.7. The Morgan fingerprint density at radius 2 is 0.944 bits per heavy atom. The van der Waals surface area contributed by atoms with Crippen LogP contribution in [0.5, 0.6) is 0 Å². The van der Waals surface area contributed by atoms with Gasteiger partial charge in [-0.15, -0.1) is 0 Å². The van der Waals surface area contributed by atoms with Crippen LogP contribution in [-0.4, -0.2) is 92.6 Å². The molecule has 502 valence electrons. The molecular weight excluding hydrogens is 1140 g/mol. The zero-order valence-corrected chi connectivity index (χ0v) is 59.4. The zero-order chi connectivity index (χ0) is 70.4. The molecule has 0 aliphatic carbocycles. The molecule has 0 saturated carbocycles. The number of hydrogen-bond acceptors (Lipinski definition) is 14. The average Bonchev–Trinajstić information content (AvgIpc) is 2.82. The number of ketones is 12. The normalized spacial score (nSPS) is 12.4. The molecule has 15 heteroatoms. The fourth-order valence-electron chi connectivity index (χ4n) is 6.77. The maximum absolute atomic E-state index is 11.7. The van der Waals surface area contributed by atoms with Gasteiger partial charge in [0.2, 0.25) is 17.3 Å². The van der Waals surface area contributed by atoms with Crippen molar-refractivity contribution in [3.8, 4) is 0 Å². The maximum Gasteiger partial charge on any atom is 0.221 e. The van der Waals surface area contributed by atoms with Crippen LogP contribution in [0.15, 0.2) is 90.3 Å². The van der Waals surface area contributed by atoms with E-state index in [-0.39, 0.29) is 109 Å². The van der Waals surface area contributed by atoms with Gasteiger partial charge in [-0.2, -0.15) is 0 Å². The first kappa shape index (κ1) is 87.3. The Labute approximate surface area is 541 Å². The molecule has 15 nitrogen and oxygen atoms in total. The number of unbranched alkanes of at least 4 members (excludes halogenated alkanes) is 1. The van der Waals surface area contributed by atoms with Gasteiger partial charge in [0.1, 0.15) is 29.0 Å². The highest BCUT2D eigenvalue weighted by Gasteiger charge is 2.28. The summed E-state index contributed by atoms with van der Waals surface area (Å²) >= 11 is 0. The predicted octanol–water partition coefficient (Wildman–Crippen LogP) is 16.0. The number of nitrogens with zero attached hydrogens (tertiary/aromatic N) is 1. The molecule has 2 aromatic rings. The standard InChI is InChI=1S/C16H20O2.C13H18N2O2.C13H22O2.C12H18O3.C11H18O2.C10H18O2/c1-16(2,3)15(18)12-11-14(17)10-9-13-7-5-4-6-8-13;1-13(2,3)11(17)6-4-10(16)5-7-12-14-8-9-15-12;1-5-6-7-8-11(14)9-10-12(15)13(2,3)4;1-12(2,3)11(14)5-4-10(13)6-9-7-15-8-9;1-8(2)6-9(12)10(13)7-11(3,4)5;1-7(2)6-8(11)9(12)10(3,4)5/h4-10H,11-12H2,1-3H3;5,7-9H,4,6H2,1-3H3,(H,14,15);7-8H,5-6,9-10H2,1-4H3;6H,4-5,7-8H2,1-3H3;6H,7H2,1-5H3;7H,6H2,1-5H3/b10-9+;7-5+;8-7+;;;. The number of imidazole rings is 1. The summed E-state index contributed by atoms with van der Waals surface area (Å²) in [4.78, 5) is 144. The highest BCUT2D eigenvalue weighted by molar-refractivity contribution is 6.41. The van der Waals surface area contributed by atoms with Crippen LogP contribution in [0.25, 0.3) is 12.2 Å². The molecule has 0 amide bonds. The van der Waals surface area contributed by atoms with Gasteiger partial charge in [-0.05, 0) is 79.2 Å². The molecule has 1 saturated heterocycles. The lowest BCUT2D eigenvalue weighted by molar-refractivity contribution is -0.141. The lowest BCUT2D eigenvalue weighted by Gasteiger charge is -2.17. The van der Waals surface area contributed by atoms with E-state index in [2.05, 4.69) is 16.9 Å². The number of rotatable bonds is 26. The molecular formula is C75H114N2O13. The Morgan fingerprint density at radius 3 is 1.28 bits per heavy atom. The number of benzene rings is 1. The highest BCUT2D eigenvalue weighted by Crippen LogP contribution is 2.23. The Morgan fingerprint density at radius 1 is 0.533 bits per heavy atom. The van der Waals surface area contributed by atoms with Crippen LogP contribution < -0.4 is 0 Å². The van der Waals surface area contributed by atoms with Crippen molar-refractivity contribution in [2.24, 2.45) is 38.4 Å². The van der Waals surface area contributed by atoms with E-state index < -0.39 is 5.41 Å². The van der Waals surface area contributed by atoms with E-state index in [0.717, 1.165) is 29.6 Å². The molecule has 0 spiro atoms. The molecule has 0 bridgehead atoms. The number of aromatic nitrogens is 2. The molecule has 0 unspecified atom stereocenters. The summed E-state index contributed by atoms with van der Waals surface area (Å²) in [5.74, 6) is 0.295. The van der Waals surface area contributed by atoms with Gasteiger partial charge in [-0.25, -0.2) is 4.98 Å². The van der Waals surface area contributed by atoms with Gasteiger partial charge < -0.3 is 9.72 Å². The van der Waals surface area contributed by atoms with Crippen molar-refractivity contribution >= 4 is 81.6 Å². The third-order valence-corrected chi connectivity index (χ3v) is 12.6. The Bertz CT molecular complexity index is 2780. The number of H-pyrrole nitrogens is 1. The molecule has 0 atom stereocenters. The van der Waals surface area contributed by atoms with Gasteiger partial charge in [0.15, 0.2) is 28.9 Å². The van der Waals surface area contributed by atoms with E-state index >= 15 is 0 Å².